The van der Waals surface area contributed by atoms with Gasteiger partial charge >= 0.3 is 5.97 Å². The average Bonchev–Trinajstić information content (AvgIpc) is 2.05. The number of carboxylic acid groups (broad SMARTS) is 1. The molecule has 3 heteroatoms. The van der Waals surface area contributed by atoms with E-state index in [2.05, 4.69) is 25.7 Å². The highest BCUT2D eigenvalue weighted by Gasteiger charge is 2.16. The number of nitrogens with zero attached hydrogens (tertiary/aromatic N) is 1. The lowest BCUT2D eigenvalue weighted by atomic mass is 10.1. The first-order chi connectivity index (χ1) is 6.15. The van der Waals surface area contributed by atoms with Crippen molar-refractivity contribution in [3.8, 4) is 0 Å². The van der Waals surface area contributed by atoms with Crippen molar-refractivity contribution < 1.29 is 9.90 Å². The van der Waals surface area contributed by atoms with E-state index in [1.165, 1.54) is 0 Å². The zero-order valence-corrected chi connectivity index (χ0v) is 8.92. The van der Waals surface area contributed by atoms with Gasteiger partial charge in [0.05, 0.1) is 6.54 Å². The molecule has 0 rings (SSSR count). The molecule has 0 radical (unpaired) electrons. The summed E-state index contributed by atoms with van der Waals surface area (Å²) in [4.78, 5) is 12.6. The third-order valence-corrected chi connectivity index (χ3v) is 2.31. The molecule has 78 valence electrons. The predicted octanol–water partition coefficient (Wildman–Crippen LogP) is 1.97. The van der Waals surface area contributed by atoms with Gasteiger partial charge in [-0.3, -0.25) is 9.69 Å². The monoisotopic (exact) mass is 187 g/mol. The van der Waals surface area contributed by atoms with Crippen LogP contribution in [-0.4, -0.2) is 35.1 Å². The third-order valence-electron chi connectivity index (χ3n) is 2.31. The van der Waals surface area contributed by atoms with Crippen molar-refractivity contribution >= 4 is 5.97 Å². The molecule has 0 aliphatic rings. The summed E-state index contributed by atoms with van der Waals surface area (Å²) in [6, 6.07) is 0.427. The highest BCUT2D eigenvalue weighted by molar-refractivity contribution is 5.69. The van der Waals surface area contributed by atoms with Crippen LogP contribution >= 0.6 is 0 Å². The van der Waals surface area contributed by atoms with Crippen molar-refractivity contribution in [1.29, 1.82) is 0 Å². The van der Waals surface area contributed by atoms with Crippen LogP contribution in [0, 0.1) is 0 Å². The third kappa shape index (κ3) is 4.88. The van der Waals surface area contributed by atoms with Crippen molar-refractivity contribution in [3.05, 3.63) is 0 Å². The molecule has 13 heavy (non-hydrogen) atoms. The maximum Gasteiger partial charge on any atom is 0.317 e. The lowest BCUT2D eigenvalue weighted by Gasteiger charge is -2.28. The van der Waals surface area contributed by atoms with Crippen molar-refractivity contribution in [2.24, 2.45) is 0 Å². The maximum absolute atomic E-state index is 10.6. The normalized spacial score (nSPS) is 11.2. The van der Waals surface area contributed by atoms with Gasteiger partial charge in [0.2, 0.25) is 0 Å². The Morgan fingerprint density at radius 1 is 1.31 bits per heavy atom. The molecule has 0 saturated heterocycles. The molecule has 0 spiro atoms. The Hall–Kier alpha value is -0.570. The quantitative estimate of drug-likeness (QED) is 0.662. The van der Waals surface area contributed by atoms with Gasteiger partial charge in [0, 0.05) is 6.04 Å². The first-order valence-electron chi connectivity index (χ1n) is 5.11. The molecule has 0 saturated carbocycles. The molecule has 0 aromatic heterocycles. The number of carbonyl (C=O) groups is 1. The van der Waals surface area contributed by atoms with Gasteiger partial charge in [-0.15, -0.1) is 0 Å². The Balaban J connectivity index is 4.11. The van der Waals surface area contributed by atoms with Crippen LogP contribution in [0.15, 0.2) is 0 Å². The second-order valence-corrected chi connectivity index (χ2v) is 3.33. The van der Waals surface area contributed by atoms with Crippen LogP contribution in [0.3, 0.4) is 0 Å². The molecular formula is C10H21NO2. The van der Waals surface area contributed by atoms with Gasteiger partial charge in [0.1, 0.15) is 0 Å². The van der Waals surface area contributed by atoms with E-state index in [0.29, 0.717) is 6.04 Å². The smallest absolute Gasteiger partial charge is 0.317 e. The molecule has 0 aliphatic heterocycles. The Kier molecular flexibility index (Phi) is 6.59. The summed E-state index contributed by atoms with van der Waals surface area (Å²) in [5, 5.41) is 8.71. The fraction of sp³-hybridized carbons (Fsp3) is 0.900. The lowest BCUT2D eigenvalue weighted by molar-refractivity contribution is -0.139. The average molecular weight is 187 g/mol. The molecule has 0 aromatic carbocycles. The summed E-state index contributed by atoms with van der Waals surface area (Å²) < 4.78 is 0. The van der Waals surface area contributed by atoms with E-state index in [4.69, 9.17) is 5.11 Å². The van der Waals surface area contributed by atoms with Gasteiger partial charge in [0.15, 0.2) is 0 Å². The van der Waals surface area contributed by atoms with E-state index in [1.807, 2.05) is 0 Å². The molecule has 0 amide bonds. The van der Waals surface area contributed by atoms with Gasteiger partial charge < -0.3 is 5.11 Å². The topological polar surface area (TPSA) is 40.5 Å². The largest absolute Gasteiger partial charge is 0.480 e. The summed E-state index contributed by atoms with van der Waals surface area (Å²) in [5.41, 5.74) is 0. The standard InChI is InChI=1S/C10H21NO2/c1-4-7-11(8-10(12)13)9(5-2)6-3/h9H,4-8H2,1-3H3,(H,12,13). The highest BCUT2D eigenvalue weighted by Crippen LogP contribution is 2.08. The SMILES string of the molecule is CCCN(CC(=O)O)C(CC)CC. The van der Waals surface area contributed by atoms with Crippen molar-refractivity contribution in [3.63, 3.8) is 0 Å². The van der Waals surface area contributed by atoms with Crippen LogP contribution in [0.1, 0.15) is 40.0 Å². The molecular weight excluding hydrogens is 166 g/mol. The Morgan fingerprint density at radius 3 is 2.15 bits per heavy atom. The van der Waals surface area contributed by atoms with Gasteiger partial charge in [0.25, 0.3) is 0 Å². The van der Waals surface area contributed by atoms with E-state index in [1.54, 1.807) is 0 Å². The van der Waals surface area contributed by atoms with Crippen LogP contribution in [0.2, 0.25) is 0 Å². The second kappa shape index (κ2) is 6.89. The fourth-order valence-electron chi connectivity index (χ4n) is 1.66. The first-order valence-corrected chi connectivity index (χ1v) is 5.11. The summed E-state index contributed by atoms with van der Waals surface area (Å²) >= 11 is 0. The lowest BCUT2D eigenvalue weighted by Crippen LogP contribution is -2.38. The minimum Gasteiger partial charge on any atom is -0.480 e. The van der Waals surface area contributed by atoms with E-state index >= 15 is 0 Å². The van der Waals surface area contributed by atoms with Crippen molar-refractivity contribution in [2.45, 2.75) is 46.1 Å². The van der Waals surface area contributed by atoms with Gasteiger partial charge in [-0.25, -0.2) is 0 Å². The van der Waals surface area contributed by atoms with Crippen LogP contribution in [-0.2, 0) is 4.79 Å². The molecule has 0 bridgehead atoms. The van der Waals surface area contributed by atoms with Crippen LogP contribution in [0.5, 0.6) is 0 Å². The fourth-order valence-corrected chi connectivity index (χ4v) is 1.66. The number of aliphatic carboxylic acids is 1. The van der Waals surface area contributed by atoms with Crippen molar-refractivity contribution in [2.75, 3.05) is 13.1 Å². The van der Waals surface area contributed by atoms with Gasteiger partial charge in [-0.05, 0) is 25.8 Å². The molecule has 0 heterocycles. The minimum absolute atomic E-state index is 0.181. The van der Waals surface area contributed by atoms with E-state index < -0.39 is 5.97 Å². The molecule has 0 aliphatic carbocycles. The van der Waals surface area contributed by atoms with E-state index in [0.717, 1.165) is 25.8 Å². The molecule has 0 atom stereocenters. The van der Waals surface area contributed by atoms with E-state index in [9.17, 15) is 4.79 Å². The zero-order valence-electron chi connectivity index (χ0n) is 8.92. The first kappa shape index (κ1) is 12.4. The highest BCUT2D eigenvalue weighted by atomic mass is 16.4. The molecule has 1 N–H and O–H groups in total. The summed E-state index contributed by atoms with van der Waals surface area (Å²) in [5.74, 6) is -0.722. The van der Waals surface area contributed by atoms with Gasteiger partial charge in [-0.1, -0.05) is 20.8 Å². The number of carboxylic acids is 1. The predicted molar refractivity (Wildman–Crippen MR) is 53.9 cm³/mol. The Labute approximate surface area is 80.7 Å². The second-order valence-electron chi connectivity index (χ2n) is 3.33. The summed E-state index contributed by atoms with van der Waals surface area (Å²) in [7, 11) is 0. The molecule has 0 aromatic rings. The number of hydrogen-bond acceptors (Lipinski definition) is 2. The molecule has 0 fully saturated rings. The summed E-state index contributed by atoms with van der Waals surface area (Å²) in [6.07, 6.45) is 3.08. The Bertz CT molecular complexity index is 144. The maximum atomic E-state index is 10.6. The molecule has 3 nitrogen and oxygen atoms in total. The summed E-state index contributed by atoms with van der Waals surface area (Å²) in [6.45, 7) is 7.37. The zero-order chi connectivity index (χ0) is 10.3. The number of rotatable bonds is 7. The minimum atomic E-state index is -0.722. The van der Waals surface area contributed by atoms with Crippen LogP contribution in [0.25, 0.3) is 0 Å². The van der Waals surface area contributed by atoms with Gasteiger partial charge in [-0.2, -0.15) is 0 Å². The number of hydrogen-bond donors (Lipinski definition) is 1. The Morgan fingerprint density at radius 2 is 1.85 bits per heavy atom. The van der Waals surface area contributed by atoms with Crippen LogP contribution < -0.4 is 0 Å². The van der Waals surface area contributed by atoms with Crippen molar-refractivity contribution in [1.82, 2.24) is 4.90 Å². The molecule has 0 unspecified atom stereocenters. The van der Waals surface area contributed by atoms with E-state index in [-0.39, 0.29) is 6.54 Å². The van der Waals surface area contributed by atoms with Crippen LogP contribution in [0.4, 0.5) is 0 Å².